The van der Waals surface area contributed by atoms with E-state index in [0.29, 0.717) is 23.6 Å². The summed E-state index contributed by atoms with van der Waals surface area (Å²) < 4.78 is 0. The van der Waals surface area contributed by atoms with Gasteiger partial charge in [-0.2, -0.15) is 0 Å². The van der Waals surface area contributed by atoms with Gasteiger partial charge in [-0.25, -0.2) is 0 Å². The van der Waals surface area contributed by atoms with Crippen LogP contribution in [0.1, 0.15) is 33.6 Å². The number of amides is 2. The molecule has 0 radical (unpaired) electrons. The summed E-state index contributed by atoms with van der Waals surface area (Å²) in [7, 11) is 3.94. The fraction of sp³-hybridized carbons (Fsp3) is 0.400. The number of imide groups is 1. The number of carbonyl (C=O) groups excluding carboxylic acids is 2. The molecule has 2 aromatic rings. The van der Waals surface area contributed by atoms with Crippen LogP contribution in [0, 0.1) is 5.92 Å². The second-order valence-corrected chi connectivity index (χ2v) is 7.17. The lowest BCUT2D eigenvalue weighted by atomic mass is 9.91. The van der Waals surface area contributed by atoms with Crippen molar-refractivity contribution in [2.45, 2.75) is 12.8 Å². The van der Waals surface area contributed by atoms with E-state index in [0.717, 1.165) is 42.4 Å². The summed E-state index contributed by atoms with van der Waals surface area (Å²) in [6.07, 6.45) is 2.02. The Kier molecular flexibility index (Phi) is 3.96. The van der Waals surface area contributed by atoms with Crippen LogP contribution in [-0.2, 0) is 0 Å². The highest BCUT2D eigenvalue weighted by atomic mass is 16.2. The fourth-order valence-electron chi connectivity index (χ4n) is 4.01. The molecule has 130 valence electrons. The number of nitrogens with one attached hydrogen (secondary N) is 1. The molecule has 4 rings (SSSR count). The normalized spacial score (nSPS) is 18.1. The van der Waals surface area contributed by atoms with E-state index in [-0.39, 0.29) is 11.8 Å². The molecule has 0 atom stereocenters. The van der Waals surface area contributed by atoms with Crippen molar-refractivity contribution in [3.05, 3.63) is 41.5 Å². The maximum absolute atomic E-state index is 13.0. The summed E-state index contributed by atoms with van der Waals surface area (Å²) in [6, 6.07) is 9.57. The van der Waals surface area contributed by atoms with Crippen LogP contribution in [-0.4, -0.2) is 50.4 Å². The van der Waals surface area contributed by atoms with Crippen LogP contribution >= 0.6 is 0 Å². The molecule has 2 aromatic carbocycles. The Morgan fingerprint density at radius 3 is 2.40 bits per heavy atom. The number of nitrogens with zero attached hydrogens (tertiary/aromatic N) is 2. The van der Waals surface area contributed by atoms with Crippen molar-refractivity contribution >= 4 is 28.3 Å². The highest BCUT2D eigenvalue weighted by Crippen LogP contribution is 2.35. The molecule has 5 nitrogen and oxygen atoms in total. The lowest BCUT2D eigenvalue weighted by Gasteiger charge is -2.32. The summed E-state index contributed by atoms with van der Waals surface area (Å²) in [4.78, 5) is 29.6. The molecule has 1 N–H and O–H groups in total. The van der Waals surface area contributed by atoms with Gasteiger partial charge in [0.2, 0.25) is 0 Å². The van der Waals surface area contributed by atoms with E-state index in [9.17, 15) is 9.59 Å². The van der Waals surface area contributed by atoms with Crippen LogP contribution in [0.25, 0.3) is 10.8 Å². The second-order valence-electron chi connectivity index (χ2n) is 7.17. The van der Waals surface area contributed by atoms with Crippen LogP contribution in [0.4, 0.5) is 5.69 Å². The van der Waals surface area contributed by atoms with Gasteiger partial charge in [-0.15, -0.1) is 0 Å². The third-order valence-electron chi connectivity index (χ3n) is 5.35. The summed E-state index contributed by atoms with van der Waals surface area (Å²) in [6.45, 7) is 2.43. The number of hydrogen-bond donors (Lipinski definition) is 1. The Balaban J connectivity index is 1.79. The number of benzene rings is 2. The zero-order valence-corrected chi connectivity index (χ0v) is 14.7. The van der Waals surface area contributed by atoms with Gasteiger partial charge in [-0.1, -0.05) is 12.1 Å². The van der Waals surface area contributed by atoms with E-state index in [2.05, 4.69) is 5.32 Å². The van der Waals surface area contributed by atoms with Gasteiger partial charge in [-0.05, 0) is 50.0 Å². The Hall–Kier alpha value is -2.40. The van der Waals surface area contributed by atoms with Gasteiger partial charge in [0, 0.05) is 48.2 Å². The first-order valence-corrected chi connectivity index (χ1v) is 8.88. The maximum atomic E-state index is 13.0. The standard InChI is InChI=1S/C20H23N3O2/c1-22(2)17-7-6-16-18-14(17)4-3-5-15(18)19(24)23(20(16)25)12-13-8-10-21-11-9-13/h3-7,13,21H,8-12H2,1-2H3. The zero-order valence-electron chi connectivity index (χ0n) is 14.7. The number of piperidine rings is 1. The van der Waals surface area contributed by atoms with Crippen molar-refractivity contribution in [3.8, 4) is 0 Å². The molecule has 1 fully saturated rings. The molecule has 2 amide bonds. The molecule has 1 saturated heterocycles. The minimum absolute atomic E-state index is 0.155. The molecule has 5 heteroatoms. The van der Waals surface area contributed by atoms with Crippen molar-refractivity contribution in [1.29, 1.82) is 0 Å². The second kappa shape index (κ2) is 6.15. The van der Waals surface area contributed by atoms with Crippen molar-refractivity contribution < 1.29 is 9.59 Å². The first-order chi connectivity index (χ1) is 12.1. The van der Waals surface area contributed by atoms with Gasteiger partial charge in [0.1, 0.15) is 0 Å². The largest absolute Gasteiger partial charge is 0.377 e. The molecule has 0 saturated carbocycles. The van der Waals surface area contributed by atoms with Crippen molar-refractivity contribution in [3.63, 3.8) is 0 Å². The number of rotatable bonds is 3. The minimum Gasteiger partial charge on any atom is -0.377 e. The zero-order chi connectivity index (χ0) is 17.6. The molecular formula is C20H23N3O2. The average Bonchev–Trinajstić information content (AvgIpc) is 2.63. The molecule has 2 aliphatic rings. The van der Waals surface area contributed by atoms with E-state index in [1.807, 2.05) is 49.3 Å². The molecule has 0 bridgehead atoms. The smallest absolute Gasteiger partial charge is 0.261 e. The molecular weight excluding hydrogens is 314 g/mol. The van der Waals surface area contributed by atoms with Crippen molar-refractivity contribution in [2.24, 2.45) is 5.92 Å². The topological polar surface area (TPSA) is 52.7 Å². The molecule has 0 aliphatic carbocycles. The predicted molar refractivity (Wildman–Crippen MR) is 99.2 cm³/mol. The first kappa shape index (κ1) is 16.1. The van der Waals surface area contributed by atoms with Crippen LogP contribution in [0.2, 0.25) is 0 Å². The van der Waals surface area contributed by atoms with Gasteiger partial charge in [0.25, 0.3) is 11.8 Å². The van der Waals surface area contributed by atoms with Crippen molar-refractivity contribution in [1.82, 2.24) is 10.2 Å². The molecule has 2 heterocycles. The third kappa shape index (κ3) is 2.59. The molecule has 25 heavy (non-hydrogen) atoms. The SMILES string of the molecule is CN(C)c1ccc2c3c(cccc13)C(=O)N(CC1CCNCC1)C2=O. The predicted octanol–water partition coefficient (Wildman–Crippen LogP) is 2.50. The maximum Gasteiger partial charge on any atom is 0.261 e. The molecule has 2 aliphatic heterocycles. The highest BCUT2D eigenvalue weighted by molar-refractivity contribution is 6.26. The summed E-state index contributed by atoms with van der Waals surface area (Å²) in [5, 5.41) is 5.09. The van der Waals surface area contributed by atoms with Crippen LogP contribution in [0.3, 0.4) is 0 Å². The van der Waals surface area contributed by atoms with Crippen molar-refractivity contribution in [2.75, 3.05) is 38.6 Å². The molecule has 0 aromatic heterocycles. The van der Waals surface area contributed by atoms with Gasteiger partial charge < -0.3 is 10.2 Å². The quantitative estimate of drug-likeness (QED) is 0.875. The number of anilines is 1. The van der Waals surface area contributed by atoms with Gasteiger partial charge >= 0.3 is 0 Å². The van der Waals surface area contributed by atoms with E-state index >= 15 is 0 Å². The van der Waals surface area contributed by atoms with Crippen LogP contribution in [0.5, 0.6) is 0 Å². The van der Waals surface area contributed by atoms with Crippen LogP contribution in [0.15, 0.2) is 30.3 Å². The van der Waals surface area contributed by atoms with E-state index < -0.39 is 0 Å². The minimum atomic E-state index is -0.155. The molecule has 0 unspecified atom stereocenters. The Bertz CT molecular complexity index is 831. The first-order valence-electron chi connectivity index (χ1n) is 8.88. The summed E-state index contributed by atoms with van der Waals surface area (Å²) in [5.41, 5.74) is 2.31. The Morgan fingerprint density at radius 2 is 1.72 bits per heavy atom. The fourth-order valence-corrected chi connectivity index (χ4v) is 4.01. The number of carbonyl (C=O) groups is 2. The van der Waals surface area contributed by atoms with E-state index in [4.69, 9.17) is 0 Å². The Morgan fingerprint density at radius 1 is 1.04 bits per heavy atom. The average molecular weight is 337 g/mol. The summed E-state index contributed by atoms with van der Waals surface area (Å²) in [5.74, 6) is 0.0750. The third-order valence-corrected chi connectivity index (χ3v) is 5.35. The van der Waals surface area contributed by atoms with E-state index in [1.54, 1.807) is 0 Å². The van der Waals surface area contributed by atoms with E-state index in [1.165, 1.54) is 4.90 Å². The highest BCUT2D eigenvalue weighted by Gasteiger charge is 2.34. The lowest BCUT2D eigenvalue weighted by Crippen LogP contribution is -2.45. The van der Waals surface area contributed by atoms with Gasteiger partial charge in [0.05, 0.1) is 0 Å². The lowest BCUT2D eigenvalue weighted by molar-refractivity contribution is 0.0575. The van der Waals surface area contributed by atoms with Gasteiger partial charge in [-0.3, -0.25) is 14.5 Å². The monoisotopic (exact) mass is 337 g/mol. The number of hydrogen-bond acceptors (Lipinski definition) is 4. The Labute approximate surface area is 147 Å². The molecule has 0 spiro atoms. The summed E-state index contributed by atoms with van der Waals surface area (Å²) >= 11 is 0. The van der Waals surface area contributed by atoms with Crippen LogP contribution < -0.4 is 10.2 Å². The van der Waals surface area contributed by atoms with Gasteiger partial charge in [0.15, 0.2) is 0 Å².